The monoisotopic (exact) mass is 554 g/mol. The maximum absolute atomic E-state index is 10.4. The molecule has 0 atom stereocenters. The molecule has 10 nitrogen and oxygen atoms in total. The Hall–Kier alpha value is -2.66. The van der Waals surface area contributed by atoms with Gasteiger partial charge in [0.05, 0.1) is 15.5 Å². The van der Waals surface area contributed by atoms with Crippen molar-refractivity contribution in [3.05, 3.63) is 102 Å². The number of aromatic nitrogens is 2. The third-order valence-electron chi connectivity index (χ3n) is 3.70. The van der Waals surface area contributed by atoms with E-state index in [1.807, 2.05) is 0 Å². The van der Waals surface area contributed by atoms with Gasteiger partial charge in [-0.1, -0.05) is 73.4 Å². The molecule has 0 amide bonds. The Morgan fingerprint density at radius 1 is 0.941 bits per heavy atom. The zero-order valence-electron chi connectivity index (χ0n) is 16.8. The molecule has 0 radical (unpaired) electrons. The van der Waals surface area contributed by atoms with Gasteiger partial charge >= 0.3 is 0 Å². The molecule has 0 saturated carbocycles. The quantitative estimate of drug-likeness (QED) is 0.186. The highest BCUT2D eigenvalue weighted by Crippen LogP contribution is 2.39. The standard InChI is InChI=1S/C9H8Cl3N3O2.C9H10ClN3O2.2CH4/c1-13-7(5-15(16)17)9(11,12)6-2-3-8(10)14-4-6;1-11-8(6-13(14)15)4-7-2-3-9(10)12-5-7;;/h2-5,13H,1H3;2-3,5-6,11H,4H2,1H3;2*1H4/b7-5-;8-6-;;. The first-order valence-corrected chi connectivity index (χ1v) is 10.2. The minimum atomic E-state index is -1.58. The SMILES string of the molecule is C.C.CN/C(=C\[N+](=O)[O-])C(Cl)(Cl)c1ccc(Cl)nc1.CN/C(=C\[N+](=O)[O-])Cc1ccc(Cl)nc1. The number of likely N-dealkylation sites (N-methyl/N-ethyl adjacent to an activating group) is 2. The molecule has 0 aliphatic heterocycles. The van der Waals surface area contributed by atoms with Gasteiger partial charge in [-0.3, -0.25) is 20.2 Å². The van der Waals surface area contributed by atoms with Gasteiger partial charge in [-0.15, -0.1) is 0 Å². The van der Waals surface area contributed by atoms with E-state index in [-0.39, 0.29) is 25.7 Å². The van der Waals surface area contributed by atoms with E-state index >= 15 is 0 Å². The molecule has 2 aromatic heterocycles. The Morgan fingerprint density at radius 3 is 1.85 bits per heavy atom. The number of nitrogens with zero attached hydrogens (tertiary/aromatic N) is 4. The second-order valence-corrected chi connectivity index (χ2v) is 7.98. The summed E-state index contributed by atoms with van der Waals surface area (Å²) in [4.78, 5) is 27.3. The summed E-state index contributed by atoms with van der Waals surface area (Å²) in [5.41, 5.74) is 1.80. The molecule has 0 unspecified atom stereocenters. The van der Waals surface area contributed by atoms with Crippen LogP contribution < -0.4 is 10.6 Å². The van der Waals surface area contributed by atoms with E-state index in [0.29, 0.717) is 29.0 Å². The molecule has 0 aromatic carbocycles. The van der Waals surface area contributed by atoms with Crippen molar-refractivity contribution in [3.63, 3.8) is 0 Å². The molecular formula is C20H26Cl4N6O4. The Balaban J connectivity index is 0. The molecule has 14 heteroatoms. The molecule has 0 saturated heterocycles. The number of hydrogen-bond donors (Lipinski definition) is 2. The molecule has 2 aromatic rings. The summed E-state index contributed by atoms with van der Waals surface area (Å²) < 4.78 is -1.58. The average Bonchev–Trinajstić information content (AvgIpc) is 2.73. The zero-order chi connectivity index (χ0) is 24.3. The molecule has 0 fully saturated rings. The number of nitro groups is 2. The highest BCUT2D eigenvalue weighted by atomic mass is 35.5. The normalized spacial score (nSPS) is 11.1. The minimum Gasteiger partial charge on any atom is -0.386 e. The third kappa shape index (κ3) is 11.5. The molecule has 0 aliphatic carbocycles. The van der Waals surface area contributed by atoms with Gasteiger partial charge in [0.15, 0.2) is 4.33 Å². The fourth-order valence-corrected chi connectivity index (χ4v) is 2.92. The smallest absolute Gasteiger partial charge is 0.256 e. The van der Waals surface area contributed by atoms with Gasteiger partial charge in [0.1, 0.15) is 16.0 Å². The van der Waals surface area contributed by atoms with Crippen molar-refractivity contribution in [1.82, 2.24) is 20.6 Å². The van der Waals surface area contributed by atoms with Crippen molar-refractivity contribution in [2.75, 3.05) is 14.1 Å². The molecule has 0 spiro atoms. The number of alkyl halides is 2. The summed E-state index contributed by atoms with van der Waals surface area (Å²) >= 11 is 23.4. The summed E-state index contributed by atoms with van der Waals surface area (Å²) in [5.74, 6) is 0. The van der Waals surface area contributed by atoms with Crippen molar-refractivity contribution < 1.29 is 9.85 Å². The van der Waals surface area contributed by atoms with Gasteiger partial charge < -0.3 is 10.6 Å². The van der Waals surface area contributed by atoms with E-state index in [4.69, 9.17) is 46.4 Å². The van der Waals surface area contributed by atoms with Crippen LogP contribution in [-0.4, -0.2) is 33.9 Å². The van der Waals surface area contributed by atoms with Gasteiger partial charge in [0.25, 0.3) is 12.4 Å². The van der Waals surface area contributed by atoms with Gasteiger partial charge in [-0.25, -0.2) is 9.97 Å². The highest BCUT2D eigenvalue weighted by Gasteiger charge is 2.34. The van der Waals surface area contributed by atoms with Crippen LogP contribution in [0, 0.1) is 20.2 Å². The third-order valence-corrected chi connectivity index (χ3v) is 4.99. The maximum Gasteiger partial charge on any atom is 0.256 e. The Bertz CT molecular complexity index is 984. The van der Waals surface area contributed by atoms with Crippen LogP contribution in [0.3, 0.4) is 0 Å². The van der Waals surface area contributed by atoms with Crippen molar-refractivity contribution >= 4 is 46.4 Å². The largest absolute Gasteiger partial charge is 0.386 e. The molecular weight excluding hydrogens is 530 g/mol. The molecule has 2 heterocycles. The fraction of sp³-hybridized carbons (Fsp3) is 0.300. The van der Waals surface area contributed by atoms with E-state index in [1.165, 1.54) is 19.3 Å². The van der Waals surface area contributed by atoms with E-state index < -0.39 is 14.2 Å². The van der Waals surface area contributed by atoms with Crippen LogP contribution in [0.15, 0.2) is 60.5 Å². The van der Waals surface area contributed by atoms with Crippen molar-refractivity contribution in [1.29, 1.82) is 0 Å². The predicted octanol–water partition coefficient (Wildman–Crippen LogP) is 5.59. The summed E-state index contributed by atoms with van der Waals surface area (Å²) in [6.45, 7) is 0. The number of allylic oxidation sites excluding steroid dienone is 2. The van der Waals surface area contributed by atoms with Crippen LogP contribution in [0.5, 0.6) is 0 Å². The van der Waals surface area contributed by atoms with E-state index in [2.05, 4.69) is 20.6 Å². The van der Waals surface area contributed by atoms with Crippen LogP contribution >= 0.6 is 46.4 Å². The topological polar surface area (TPSA) is 136 Å². The van der Waals surface area contributed by atoms with Crippen molar-refractivity contribution in [2.24, 2.45) is 0 Å². The van der Waals surface area contributed by atoms with Gasteiger partial charge in [0, 0.05) is 38.5 Å². The summed E-state index contributed by atoms with van der Waals surface area (Å²) in [5, 5.41) is 26.7. The summed E-state index contributed by atoms with van der Waals surface area (Å²) in [7, 11) is 3.12. The second-order valence-electron chi connectivity index (χ2n) is 5.88. The van der Waals surface area contributed by atoms with Gasteiger partial charge in [-0.2, -0.15) is 0 Å². The predicted molar refractivity (Wildman–Crippen MR) is 137 cm³/mol. The van der Waals surface area contributed by atoms with Crippen molar-refractivity contribution in [2.45, 2.75) is 25.6 Å². The maximum atomic E-state index is 10.4. The van der Waals surface area contributed by atoms with Crippen LogP contribution in [0.1, 0.15) is 26.0 Å². The van der Waals surface area contributed by atoms with E-state index in [1.54, 1.807) is 31.4 Å². The molecule has 0 aliphatic rings. The zero-order valence-corrected chi connectivity index (χ0v) is 19.8. The first kappa shape index (κ1) is 33.5. The summed E-state index contributed by atoms with van der Waals surface area (Å²) in [6.07, 6.45) is 5.02. The van der Waals surface area contributed by atoms with Gasteiger partial charge in [-0.05, 0) is 17.7 Å². The van der Waals surface area contributed by atoms with Crippen LogP contribution in [0.4, 0.5) is 0 Å². The first-order valence-electron chi connectivity index (χ1n) is 8.65. The van der Waals surface area contributed by atoms with E-state index in [9.17, 15) is 20.2 Å². The molecule has 2 N–H and O–H groups in total. The number of pyridine rings is 2. The number of rotatable bonds is 8. The lowest BCUT2D eigenvalue weighted by Crippen LogP contribution is -2.25. The minimum absolute atomic E-state index is 0. The Morgan fingerprint density at radius 2 is 1.47 bits per heavy atom. The van der Waals surface area contributed by atoms with Gasteiger partial charge in [0.2, 0.25) is 0 Å². The highest BCUT2D eigenvalue weighted by molar-refractivity contribution is 6.50. The molecule has 34 heavy (non-hydrogen) atoms. The van der Waals surface area contributed by atoms with Crippen LogP contribution in [0.2, 0.25) is 10.3 Å². The molecule has 188 valence electrons. The molecule has 2 rings (SSSR count). The summed E-state index contributed by atoms with van der Waals surface area (Å²) in [6, 6.07) is 6.47. The average molecular weight is 556 g/mol. The second kappa shape index (κ2) is 16.0. The fourth-order valence-electron chi connectivity index (χ4n) is 2.18. The number of nitrogens with one attached hydrogen (secondary N) is 2. The van der Waals surface area contributed by atoms with Crippen LogP contribution in [-0.2, 0) is 10.8 Å². The van der Waals surface area contributed by atoms with E-state index in [0.717, 1.165) is 11.8 Å². The lowest BCUT2D eigenvalue weighted by molar-refractivity contribution is -0.404. The first-order chi connectivity index (χ1) is 15.0. The molecule has 0 bridgehead atoms. The number of hydrogen-bond acceptors (Lipinski definition) is 8. The number of halogens is 4. The lowest BCUT2D eigenvalue weighted by atomic mass is 10.1. The Kier molecular flexibility index (Phi) is 15.8. The lowest BCUT2D eigenvalue weighted by Gasteiger charge is -2.21. The van der Waals surface area contributed by atoms with Crippen LogP contribution in [0.25, 0.3) is 0 Å². The Labute approximate surface area is 218 Å². The van der Waals surface area contributed by atoms with Crippen molar-refractivity contribution in [3.8, 4) is 0 Å².